The molecule has 0 spiro atoms. The number of hydrogen-bond acceptors (Lipinski definition) is 2. The fourth-order valence-electron chi connectivity index (χ4n) is 3.17. The molecule has 2 heterocycles. The van der Waals surface area contributed by atoms with Crippen molar-refractivity contribution in [1.29, 1.82) is 5.26 Å². The molecule has 4 nitrogen and oxygen atoms in total. The normalized spacial score (nSPS) is 12.7. The number of hydrogen-bond donors (Lipinski definition) is 0. The lowest BCUT2D eigenvalue weighted by Gasteiger charge is -2.23. The molecule has 1 aromatic heterocycles. The maximum absolute atomic E-state index is 13.2. The van der Waals surface area contributed by atoms with Crippen LogP contribution in [0, 0.1) is 11.3 Å². The first-order valence-corrected chi connectivity index (χ1v) is 8.28. The van der Waals surface area contributed by atoms with Gasteiger partial charge in [0.15, 0.2) is 0 Å². The first-order valence-electron chi connectivity index (χ1n) is 7.91. The lowest BCUT2D eigenvalue weighted by molar-refractivity contribution is 0.0985. The number of halogens is 1. The van der Waals surface area contributed by atoms with Crippen molar-refractivity contribution < 1.29 is 4.79 Å². The van der Waals surface area contributed by atoms with Gasteiger partial charge in [0, 0.05) is 24.1 Å². The fourth-order valence-corrected chi connectivity index (χ4v) is 3.43. The Morgan fingerprint density at radius 1 is 1.08 bits per heavy atom. The summed E-state index contributed by atoms with van der Waals surface area (Å²) in [5.41, 5.74) is 3.86. The monoisotopic (exact) mass is 347 g/mol. The van der Waals surface area contributed by atoms with Gasteiger partial charge in [0.25, 0.3) is 5.91 Å². The standard InChI is InChI=1S/C20H14ClN3O/c21-18-10-14(11-22)7-8-17(18)20(25)24-13-16-5-3-9-23(16)12-15-4-1-2-6-19(15)24/h1-10H,12-13H2. The van der Waals surface area contributed by atoms with Crippen LogP contribution in [0.25, 0.3) is 0 Å². The van der Waals surface area contributed by atoms with Gasteiger partial charge in [0.05, 0.1) is 28.8 Å². The van der Waals surface area contributed by atoms with E-state index in [0.717, 1.165) is 23.5 Å². The molecule has 0 radical (unpaired) electrons. The van der Waals surface area contributed by atoms with E-state index < -0.39 is 0 Å². The van der Waals surface area contributed by atoms with Gasteiger partial charge < -0.3 is 9.47 Å². The smallest absolute Gasteiger partial charge is 0.260 e. The Morgan fingerprint density at radius 3 is 2.72 bits per heavy atom. The Bertz CT molecular complexity index is 1020. The van der Waals surface area contributed by atoms with E-state index in [1.165, 1.54) is 6.07 Å². The molecule has 0 aliphatic carbocycles. The SMILES string of the molecule is N#Cc1ccc(C(=O)N2Cc3cccn3Cc3ccccc32)c(Cl)c1. The minimum absolute atomic E-state index is 0.170. The molecule has 1 aliphatic heterocycles. The number of para-hydroxylation sites is 1. The van der Waals surface area contributed by atoms with Gasteiger partial charge in [0.2, 0.25) is 0 Å². The average Bonchev–Trinajstić information content (AvgIpc) is 3.00. The number of anilines is 1. The zero-order chi connectivity index (χ0) is 17.4. The first kappa shape index (κ1) is 15.5. The molecule has 0 fully saturated rings. The Kier molecular flexibility index (Phi) is 3.79. The second-order valence-corrected chi connectivity index (χ2v) is 6.36. The lowest BCUT2D eigenvalue weighted by Crippen LogP contribution is -2.30. The van der Waals surface area contributed by atoms with Crippen molar-refractivity contribution in [2.24, 2.45) is 0 Å². The predicted molar refractivity (Wildman–Crippen MR) is 96.7 cm³/mol. The highest BCUT2D eigenvalue weighted by molar-refractivity contribution is 6.34. The summed E-state index contributed by atoms with van der Waals surface area (Å²) in [4.78, 5) is 15.0. The van der Waals surface area contributed by atoms with E-state index in [1.807, 2.05) is 48.7 Å². The minimum atomic E-state index is -0.170. The van der Waals surface area contributed by atoms with Crippen LogP contribution in [0.2, 0.25) is 5.02 Å². The number of rotatable bonds is 1. The molecule has 25 heavy (non-hydrogen) atoms. The quantitative estimate of drug-likeness (QED) is 0.661. The van der Waals surface area contributed by atoms with Crippen LogP contribution >= 0.6 is 11.6 Å². The molecule has 2 aromatic carbocycles. The molecule has 4 rings (SSSR count). The summed E-state index contributed by atoms with van der Waals surface area (Å²) in [5.74, 6) is -0.170. The Hall–Kier alpha value is -3.03. The molecule has 0 atom stereocenters. The van der Waals surface area contributed by atoms with Crippen molar-refractivity contribution in [1.82, 2.24) is 4.57 Å². The summed E-state index contributed by atoms with van der Waals surface area (Å²) in [7, 11) is 0. The van der Waals surface area contributed by atoms with E-state index in [-0.39, 0.29) is 5.91 Å². The second-order valence-electron chi connectivity index (χ2n) is 5.95. The van der Waals surface area contributed by atoms with Crippen LogP contribution in [-0.4, -0.2) is 10.5 Å². The fraction of sp³-hybridized carbons (Fsp3) is 0.100. The van der Waals surface area contributed by atoms with E-state index in [2.05, 4.69) is 4.57 Å². The highest BCUT2D eigenvalue weighted by atomic mass is 35.5. The van der Waals surface area contributed by atoms with Gasteiger partial charge in [-0.3, -0.25) is 4.79 Å². The predicted octanol–water partition coefficient (Wildman–Crippen LogP) is 4.22. The molecule has 122 valence electrons. The summed E-state index contributed by atoms with van der Waals surface area (Å²) in [6.45, 7) is 1.20. The summed E-state index contributed by atoms with van der Waals surface area (Å²) >= 11 is 6.27. The van der Waals surface area contributed by atoms with Gasteiger partial charge in [-0.2, -0.15) is 5.26 Å². The number of aromatic nitrogens is 1. The van der Waals surface area contributed by atoms with Crippen LogP contribution in [0.1, 0.15) is 27.2 Å². The van der Waals surface area contributed by atoms with E-state index in [1.54, 1.807) is 17.0 Å². The maximum Gasteiger partial charge on any atom is 0.260 e. The first-order chi connectivity index (χ1) is 12.2. The molecule has 5 heteroatoms. The molecule has 0 unspecified atom stereocenters. The molecular weight excluding hydrogens is 334 g/mol. The summed E-state index contributed by atoms with van der Waals surface area (Å²) < 4.78 is 2.15. The summed E-state index contributed by atoms with van der Waals surface area (Å²) in [6.07, 6.45) is 2.02. The van der Waals surface area contributed by atoms with Crippen molar-refractivity contribution in [2.75, 3.05) is 4.90 Å². The van der Waals surface area contributed by atoms with Crippen molar-refractivity contribution in [3.05, 3.63) is 88.2 Å². The second kappa shape index (κ2) is 6.12. The molecule has 1 amide bonds. The molecule has 0 saturated carbocycles. The van der Waals surface area contributed by atoms with Crippen LogP contribution in [0.3, 0.4) is 0 Å². The van der Waals surface area contributed by atoms with Gasteiger partial charge in [-0.05, 0) is 42.0 Å². The zero-order valence-corrected chi connectivity index (χ0v) is 14.1. The number of nitriles is 1. The van der Waals surface area contributed by atoms with Gasteiger partial charge in [-0.1, -0.05) is 29.8 Å². The molecule has 0 N–H and O–H groups in total. The molecule has 1 aliphatic rings. The number of benzene rings is 2. The minimum Gasteiger partial charge on any atom is -0.345 e. The zero-order valence-electron chi connectivity index (χ0n) is 13.3. The van der Waals surface area contributed by atoms with Gasteiger partial charge in [0.1, 0.15) is 0 Å². The van der Waals surface area contributed by atoms with Crippen LogP contribution < -0.4 is 4.90 Å². The van der Waals surface area contributed by atoms with Crippen molar-refractivity contribution in [3.63, 3.8) is 0 Å². The van der Waals surface area contributed by atoms with Crippen LogP contribution in [0.5, 0.6) is 0 Å². The molecular formula is C20H14ClN3O. The van der Waals surface area contributed by atoms with Gasteiger partial charge >= 0.3 is 0 Å². The van der Waals surface area contributed by atoms with E-state index in [4.69, 9.17) is 16.9 Å². The molecule has 3 aromatic rings. The van der Waals surface area contributed by atoms with E-state index in [0.29, 0.717) is 22.7 Å². The third-order valence-corrected chi connectivity index (χ3v) is 4.75. The topological polar surface area (TPSA) is 49.0 Å². The van der Waals surface area contributed by atoms with Crippen LogP contribution in [0.15, 0.2) is 60.8 Å². The Balaban J connectivity index is 1.81. The number of fused-ring (bicyclic) bond motifs is 2. The lowest BCUT2D eigenvalue weighted by atomic mass is 10.1. The van der Waals surface area contributed by atoms with Crippen molar-refractivity contribution in [3.8, 4) is 6.07 Å². The van der Waals surface area contributed by atoms with Crippen molar-refractivity contribution in [2.45, 2.75) is 13.1 Å². The average molecular weight is 348 g/mol. The third-order valence-electron chi connectivity index (χ3n) is 4.44. The van der Waals surface area contributed by atoms with E-state index in [9.17, 15) is 4.79 Å². The highest BCUT2D eigenvalue weighted by Gasteiger charge is 2.26. The van der Waals surface area contributed by atoms with Crippen LogP contribution in [0.4, 0.5) is 5.69 Å². The Morgan fingerprint density at radius 2 is 1.92 bits per heavy atom. The maximum atomic E-state index is 13.2. The molecule has 0 saturated heterocycles. The number of amides is 1. The van der Waals surface area contributed by atoms with Crippen molar-refractivity contribution >= 4 is 23.2 Å². The number of carbonyl (C=O) groups excluding carboxylic acids is 1. The van der Waals surface area contributed by atoms with Gasteiger partial charge in [-0.25, -0.2) is 0 Å². The largest absolute Gasteiger partial charge is 0.345 e. The number of nitrogens with zero attached hydrogens (tertiary/aromatic N) is 3. The van der Waals surface area contributed by atoms with Crippen LogP contribution in [-0.2, 0) is 13.1 Å². The Labute approximate surface area is 150 Å². The highest BCUT2D eigenvalue weighted by Crippen LogP contribution is 2.30. The number of carbonyl (C=O) groups is 1. The third kappa shape index (κ3) is 2.69. The molecule has 0 bridgehead atoms. The summed E-state index contributed by atoms with van der Waals surface area (Å²) in [6, 6.07) is 18.7. The summed E-state index contributed by atoms with van der Waals surface area (Å²) in [5, 5.41) is 9.28. The van der Waals surface area contributed by atoms with Gasteiger partial charge in [-0.15, -0.1) is 0 Å². The van der Waals surface area contributed by atoms with E-state index >= 15 is 0 Å².